The van der Waals surface area contributed by atoms with Crippen LogP contribution in [-0.4, -0.2) is 30.1 Å². The monoisotopic (exact) mass is 517 g/mol. The lowest BCUT2D eigenvalue weighted by atomic mass is 10.0. The summed E-state index contributed by atoms with van der Waals surface area (Å²) < 4.78 is 16.1. The quantitative estimate of drug-likeness (QED) is 0.197. The van der Waals surface area contributed by atoms with E-state index in [-0.39, 0.29) is 23.0 Å². The number of amides is 1. The van der Waals surface area contributed by atoms with E-state index in [2.05, 4.69) is 12.2 Å². The van der Waals surface area contributed by atoms with E-state index < -0.39 is 23.7 Å². The zero-order valence-electron chi connectivity index (χ0n) is 19.7. The molecule has 1 heterocycles. The number of unbranched alkanes of at least 4 members (excludes halogenated alkanes) is 1. The number of esters is 1. The Hall–Kier alpha value is -2.97. The van der Waals surface area contributed by atoms with E-state index in [9.17, 15) is 14.4 Å². The first-order valence-electron chi connectivity index (χ1n) is 11.4. The van der Waals surface area contributed by atoms with E-state index in [4.69, 9.17) is 25.5 Å². The summed E-state index contributed by atoms with van der Waals surface area (Å²) in [6, 6.07) is 12.8. The molecule has 0 bridgehead atoms. The van der Waals surface area contributed by atoms with Gasteiger partial charge < -0.3 is 19.2 Å². The van der Waals surface area contributed by atoms with E-state index in [1.54, 1.807) is 6.07 Å². The highest BCUT2D eigenvalue weighted by Gasteiger charge is 2.25. The van der Waals surface area contributed by atoms with Gasteiger partial charge in [0.2, 0.25) is 0 Å². The molecule has 0 aliphatic rings. The molecule has 2 aromatic carbocycles. The molecule has 3 aromatic rings. The highest BCUT2D eigenvalue weighted by Crippen LogP contribution is 2.32. The Morgan fingerprint density at radius 3 is 2.66 bits per heavy atom. The first-order valence-corrected chi connectivity index (χ1v) is 13.1. The van der Waals surface area contributed by atoms with E-state index in [1.165, 1.54) is 23.9 Å². The number of halogens is 1. The van der Waals surface area contributed by atoms with Gasteiger partial charge in [0.15, 0.2) is 5.75 Å². The molecule has 0 fully saturated rings. The Bertz CT molecular complexity index is 1210. The summed E-state index contributed by atoms with van der Waals surface area (Å²) in [5, 5.41) is 3.47. The molecule has 3 rings (SSSR count). The summed E-state index contributed by atoms with van der Waals surface area (Å²) in [4.78, 5) is 37.3. The van der Waals surface area contributed by atoms with Crippen molar-refractivity contribution < 1.29 is 23.5 Å². The van der Waals surface area contributed by atoms with Gasteiger partial charge in [0.05, 0.1) is 5.02 Å². The first kappa shape index (κ1) is 26.6. The second kappa shape index (κ2) is 13.2. The molecule has 0 saturated carbocycles. The number of thioether (sulfide) groups is 1. The van der Waals surface area contributed by atoms with Crippen LogP contribution < -0.4 is 15.7 Å². The van der Waals surface area contributed by atoms with E-state index >= 15 is 0 Å². The van der Waals surface area contributed by atoms with Gasteiger partial charge in [0, 0.05) is 17.5 Å². The molecule has 1 amide bonds. The van der Waals surface area contributed by atoms with E-state index in [0.717, 1.165) is 24.0 Å². The van der Waals surface area contributed by atoms with Crippen LogP contribution in [0, 0.1) is 0 Å². The zero-order valence-corrected chi connectivity index (χ0v) is 21.2. The highest BCUT2D eigenvalue weighted by atomic mass is 35.5. The summed E-state index contributed by atoms with van der Waals surface area (Å²) >= 11 is 7.94. The Balaban J connectivity index is 1.74. The van der Waals surface area contributed by atoms with Crippen LogP contribution in [0.1, 0.15) is 37.3 Å². The van der Waals surface area contributed by atoms with Gasteiger partial charge in [-0.2, -0.15) is 11.8 Å². The topological polar surface area (TPSA) is 94.8 Å². The number of hydrogen-bond acceptors (Lipinski definition) is 7. The molecule has 186 valence electrons. The largest absolute Gasteiger partial charge is 0.445 e. The maximum atomic E-state index is 12.9. The third-order valence-electron chi connectivity index (χ3n) is 5.29. The maximum Gasteiger partial charge on any atom is 0.408 e. The Morgan fingerprint density at radius 2 is 1.94 bits per heavy atom. The van der Waals surface area contributed by atoms with Gasteiger partial charge in [-0.3, -0.25) is 0 Å². The number of benzene rings is 2. The number of alkyl carbamates (subject to hydrolysis) is 1. The molecule has 1 aromatic heterocycles. The van der Waals surface area contributed by atoms with Crippen molar-refractivity contribution >= 4 is 46.4 Å². The predicted molar refractivity (Wildman–Crippen MR) is 138 cm³/mol. The van der Waals surface area contributed by atoms with Crippen LogP contribution in [-0.2, 0) is 22.6 Å². The van der Waals surface area contributed by atoms with Crippen molar-refractivity contribution in [3.8, 4) is 5.75 Å². The lowest BCUT2D eigenvalue weighted by Gasteiger charge is -2.18. The highest BCUT2D eigenvalue weighted by molar-refractivity contribution is 7.98. The molecule has 1 N–H and O–H groups in total. The van der Waals surface area contributed by atoms with Crippen LogP contribution in [0.5, 0.6) is 5.75 Å². The van der Waals surface area contributed by atoms with Crippen LogP contribution in [0.15, 0.2) is 57.7 Å². The number of fused-ring (bicyclic) bond motifs is 1. The SMILES string of the molecule is CCCCc1cc(=O)oc2cc(OC(=O)[C@@H](CCSC)NC(=O)OCc3ccccc3)c(Cl)cc12. The third-order valence-corrected chi connectivity index (χ3v) is 6.23. The average Bonchev–Trinajstić information content (AvgIpc) is 2.85. The number of rotatable bonds is 11. The Labute approximate surface area is 213 Å². The van der Waals surface area contributed by atoms with Gasteiger partial charge in [-0.05, 0) is 48.5 Å². The standard InChI is InChI=1S/C26H28ClNO6S/c1-3-4-10-18-13-24(29)33-22-15-23(20(27)14-19(18)22)34-25(30)21(11-12-35-2)28-26(31)32-16-17-8-6-5-7-9-17/h5-9,13-15,21H,3-4,10-12,16H2,1-2H3,(H,28,31)/t21-/m1/s1. The summed E-state index contributed by atoms with van der Waals surface area (Å²) in [5.74, 6) is -0.0326. The number of aryl methyl sites for hydroxylation is 1. The second-order valence-corrected chi connectivity index (χ2v) is 9.33. The van der Waals surface area contributed by atoms with Gasteiger partial charge in [0.25, 0.3) is 0 Å². The normalized spacial score (nSPS) is 11.7. The van der Waals surface area contributed by atoms with Crippen LogP contribution in [0.3, 0.4) is 0 Å². The maximum absolute atomic E-state index is 12.9. The molecule has 0 radical (unpaired) electrons. The molecule has 0 aliphatic heterocycles. The minimum absolute atomic E-state index is 0.0496. The van der Waals surface area contributed by atoms with Gasteiger partial charge in [0.1, 0.15) is 18.2 Å². The summed E-state index contributed by atoms with van der Waals surface area (Å²) in [7, 11) is 0. The van der Waals surface area contributed by atoms with Crippen molar-refractivity contribution in [2.24, 2.45) is 0 Å². The number of ether oxygens (including phenoxy) is 2. The van der Waals surface area contributed by atoms with Crippen molar-refractivity contribution in [2.45, 2.75) is 45.3 Å². The minimum Gasteiger partial charge on any atom is -0.445 e. The predicted octanol–water partition coefficient (Wildman–Crippen LogP) is 5.74. The van der Waals surface area contributed by atoms with Crippen LogP contribution in [0.25, 0.3) is 11.0 Å². The summed E-state index contributed by atoms with van der Waals surface area (Å²) in [6.45, 7) is 2.14. The molecule has 0 saturated heterocycles. The molecule has 0 aliphatic carbocycles. The van der Waals surface area contributed by atoms with Crippen LogP contribution >= 0.6 is 23.4 Å². The van der Waals surface area contributed by atoms with Crippen molar-refractivity contribution in [2.75, 3.05) is 12.0 Å². The minimum atomic E-state index is -0.944. The average molecular weight is 518 g/mol. The van der Waals surface area contributed by atoms with E-state index in [0.29, 0.717) is 24.0 Å². The summed E-state index contributed by atoms with van der Waals surface area (Å²) in [6.07, 6.45) is 4.10. The van der Waals surface area contributed by atoms with Gasteiger partial charge in [-0.1, -0.05) is 55.3 Å². The number of nitrogens with one attached hydrogen (secondary N) is 1. The lowest BCUT2D eigenvalue weighted by Crippen LogP contribution is -2.43. The van der Waals surface area contributed by atoms with Crippen molar-refractivity contribution in [3.63, 3.8) is 0 Å². The second-order valence-electron chi connectivity index (χ2n) is 7.93. The van der Waals surface area contributed by atoms with Crippen LogP contribution in [0.4, 0.5) is 4.79 Å². The fourth-order valence-electron chi connectivity index (χ4n) is 3.45. The molecular weight excluding hydrogens is 490 g/mol. The van der Waals surface area contributed by atoms with Gasteiger partial charge in [-0.15, -0.1) is 0 Å². The fourth-order valence-corrected chi connectivity index (χ4v) is 4.13. The first-order chi connectivity index (χ1) is 16.9. The summed E-state index contributed by atoms with van der Waals surface area (Å²) in [5.41, 5.74) is 1.46. The van der Waals surface area contributed by atoms with Crippen molar-refractivity contribution in [1.29, 1.82) is 0 Å². The zero-order chi connectivity index (χ0) is 25.2. The number of carbonyl (C=O) groups excluding carboxylic acids is 2. The molecule has 7 nitrogen and oxygen atoms in total. The third kappa shape index (κ3) is 7.77. The van der Waals surface area contributed by atoms with Gasteiger partial charge >= 0.3 is 17.7 Å². The molecule has 35 heavy (non-hydrogen) atoms. The molecule has 9 heteroatoms. The van der Waals surface area contributed by atoms with Crippen molar-refractivity contribution in [1.82, 2.24) is 5.32 Å². The van der Waals surface area contributed by atoms with Crippen LogP contribution in [0.2, 0.25) is 5.02 Å². The number of carbonyl (C=O) groups is 2. The molecule has 0 unspecified atom stereocenters. The fraction of sp³-hybridized carbons (Fsp3) is 0.346. The number of hydrogen-bond donors (Lipinski definition) is 1. The molecule has 0 spiro atoms. The smallest absolute Gasteiger partial charge is 0.408 e. The molecule has 1 atom stereocenters. The Morgan fingerprint density at radius 1 is 1.17 bits per heavy atom. The van der Waals surface area contributed by atoms with Gasteiger partial charge in [-0.25, -0.2) is 14.4 Å². The lowest BCUT2D eigenvalue weighted by molar-refractivity contribution is -0.136. The Kier molecular flexibility index (Phi) is 10.0. The van der Waals surface area contributed by atoms with E-state index in [1.807, 2.05) is 36.6 Å². The van der Waals surface area contributed by atoms with Crippen molar-refractivity contribution in [3.05, 3.63) is 75.1 Å². The molecular formula is C26H28ClNO6S.